The highest BCUT2D eigenvalue weighted by Crippen LogP contribution is 2.46. The summed E-state index contributed by atoms with van der Waals surface area (Å²) in [7, 11) is 0. The van der Waals surface area contributed by atoms with Crippen molar-refractivity contribution in [2.24, 2.45) is 0 Å². The van der Waals surface area contributed by atoms with Crippen LogP contribution in [0.4, 0.5) is 0 Å². The molecule has 10 heteroatoms. The van der Waals surface area contributed by atoms with Gasteiger partial charge in [0.25, 0.3) is 0 Å². The normalized spacial score (nSPS) is 19.6. The second kappa shape index (κ2) is 7.68. The van der Waals surface area contributed by atoms with Crippen molar-refractivity contribution < 1.29 is 24.9 Å². The minimum atomic E-state index is -2.03. The molecule has 2 aromatic rings. The van der Waals surface area contributed by atoms with Crippen molar-refractivity contribution in [1.29, 1.82) is 0 Å². The predicted molar refractivity (Wildman–Crippen MR) is 115 cm³/mol. The summed E-state index contributed by atoms with van der Waals surface area (Å²) in [5, 5.41) is 30.6. The van der Waals surface area contributed by atoms with E-state index in [1.807, 2.05) is 0 Å². The third-order valence-corrected chi connectivity index (χ3v) is 6.64. The fourth-order valence-electron chi connectivity index (χ4n) is 2.71. The molecule has 3 N–H and O–H groups in total. The van der Waals surface area contributed by atoms with E-state index in [0.717, 1.165) is 0 Å². The highest BCUT2D eigenvalue weighted by atomic mass is 79.9. The zero-order chi connectivity index (χ0) is 20.1. The Morgan fingerprint density at radius 3 is 1.85 bits per heavy atom. The van der Waals surface area contributed by atoms with Gasteiger partial charge in [0.2, 0.25) is 5.79 Å². The average Bonchev–Trinajstić information content (AvgIpc) is 2.78. The molecule has 1 aliphatic rings. The van der Waals surface area contributed by atoms with Crippen molar-refractivity contribution in [1.82, 2.24) is 0 Å². The lowest BCUT2D eigenvalue weighted by molar-refractivity contribution is -0.174. The van der Waals surface area contributed by atoms with Crippen LogP contribution in [0.15, 0.2) is 47.2 Å². The molecular weight excluding hydrogens is 639 g/mol. The summed E-state index contributed by atoms with van der Waals surface area (Å²) < 4.78 is 6.69. The number of carbonyl (C=O) groups is 1. The number of phenolic OH excluding ortho intramolecular Hbond substituents is 2. The molecule has 0 amide bonds. The summed E-state index contributed by atoms with van der Waals surface area (Å²) in [6.07, 6.45) is -0.113. The maximum Gasteiger partial charge on any atom is 0.353 e. The van der Waals surface area contributed by atoms with Gasteiger partial charge in [-0.15, -0.1) is 0 Å². The van der Waals surface area contributed by atoms with Crippen LogP contribution in [0.1, 0.15) is 11.1 Å². The molecule has 0 spiro atoms. The second-order valence-corrected chi connectivity index (χ2v) is 9.53. The van der Waals surface area contributed by atoms with E-state index in [1.54, 1.807) is 12.1 Å². The van der Waals surface area contributed by atoms with Gasteiger partial charge in [0.05, 0.1) is 23.5 Å². The zero-order valence-electron chi connectivity index (χ0n) is 13.1. The van der Waals surface area contributed by atoms with Crippen molar-refractivity contribution in [2.45, 2.75) is 12.2 Å². The fourth-order valence-corrected chi connectivity index (χ4v) is 5.47. The van der Waals surface area contributed by atoms with E-state index in [9.17, 15) is 20.1 Å². The van der Waals surface area contributed by atoms with Gasteiger partial charge in [0, 0.05) is 6.42 Å². The highest BCUT2D eigenvalue weighted by Gasteiger charge is 2.47. The Morgan fingerprint density at radius 2 is 1.37 bits per heavy atom. The summed E-state index contributed by atoms with van der Waals surface area (Å²) in [5.74, 6) is -2.91. The van der Waals surface area contributed by atoms with E-state index in [1.165, 1.54) is 12.1 Å². The average molecular weight is 648 g/mol. The van der Waals surface area contributed by atoms with Gasteiger partial charge in [-0.25, -0.2) is 4.79 Å². The van der Waals surface area contributed by atoms with E-state index in [4.69, 9.17) is 16.3 Å². The molecule has 1 atom stereocenters. The maximum absolute atomic E-state index is 12.1. The molecule has 0 aliphatic carbocycles. The van der Waals surface area contributed by atoms with Crippen LogP contribution in [0.2, 0.25) is 0 Å². The largest absolute Gasteiger partial charge is 0.506 e. The van der Waals surface area contributed by atoms with Gasteiger partial charge in [-0.3, -0.25) is 0 Å². The van der Waals surface area contributed by atoms with E-state index < -0.39 is 11.8 Å². The third-order valence-electron chi connectivity index (χ3n) is 3.88. The minimum Gasteiger partial charge on any atom is -0.506 e. The van der Waals surface area contributed by atoms with Crippen LogP contribution in [0.25, 0.3) is 5.57 Å². The quantitative estimate of drug-likeness (QED) is 0.379. The van der Waals surface area contributed by atoms with E-state index in [-0.39, 0.29) is 28.5 Å². The Morgan fingerprint density at radius 1 is 0.926 bits per heavy atom. The molecule has 0 unspecified atom stereocenters. The number of aromatic hydroxyl groups is 2. The topological polar surface area (TPSA) is 87.0 Å². The highest BCUT2D eigenvalue weighted by molar-refractivity contribution is 9.11. The Labute approximate surface area is 192 Å². The van der Waals surface area contributed by atoms with Crippen LogP contribution in [0.3, 0.4) is 0 Å². The number of esters is 1. The number of phenols is 2. The number of carbonyl (C=O) groups excluding carboxylic acids is 1. The molecule has 0 saturated carbocycles. The first-order chi connectivity index (χ1) is 12.5. The van der Waals surface area contributed by atoms with Gasteiger partial charge >= 0.3 is 5.97 Å². The molecule has 0 fully saturated rings. The van der Waals surface area contributed by atoms with Crippen LogP contribution in [0.5, 0.6) is 11.5 Å². The monoisotopic (exact) mass is 644 g/mol. The Balaban J connectivity index is 2.10. The van der Waals surface area contributed by atoms with Gasteiger partial charge in [-0.05, 0) is 99.1 Å². The molecule has 3 rings (SSSR count). The number of aliphatic hydroxyl groups is 1. The summed E-state index contributed by atoms with van der Waals surface area (Å²) in [6.45, 7) is 0. The van der Waals surface area contributed by atoms with Gasteiger partial charge in [-0.2, -0.15) is 0 Å². The number of hydrogen-bond donors (Lipinski definition) is 3. The van der Waals surface area contributed by atoms with Gasteiger partial charge in [-0.1, -0.05) is 11.6 Å². The summed E-state index contributed by atoms with van der Waals surface area (Å²) in [6, 6.07) is 6.23. The van der Waals surface area contributed by atoms with E-state index in [0.29, 0.717) is 29.0 Å². The van der Waals surface area contributed by atoms with Gasteiger partial charge in [0.1, 0.15) is 16.5 Å². The van der Waals surface area contributed by atoms with Crippen LogP contribution in [-0.2, 0) is 16.0 Å². The minimum absolute atomic E-state index is 0.00866. The lowest BCUT2D eigenvalue weighted by Crippen LogP contribution is -2.33. The molecule has 2 aromatic carbocycles. The maximum atomic E-state index is 12.1. The lowest BCUT2D eigenvalue weighted by atomic mass is 9.93. The number of cyclic esters (lactones) is 1. The molecule has 1 aliphatic heterocycles. The smallest absolute Gasteiger partial charge is 0.353 e. The molecular formula is C17H9Br4ClO5. The summed E-state index contributed by atoms with van der Waals surface area (Å²) in [5.41, 5.74) is 1.04. The molecule has 27 heavy (non-hydrogen) atoms. The number of ether oxygens (including phenoxy) is 1. The summed E-state index contributed by atoms with van der Waals surface area (Å²) in [4.78, 5) is 12.1. The second-order valence-electron chi connectivity index (χ2n) is 5.74. The van der Waals surface area contributed by atoms with Crippen LogP contribution in [-0.4, -0.2) is 27.1 Å². The number of halogens is 5. The number of hydrogen-bond acceptors (Lipinski definition) is 5. The summed E-state index contributed by atoms with van der Waals surface area (Å²) >= 11 is 19.0. The Kier molecular flexibility index (Phi) is 6.01. The standard InChI is InChI=1S/C17H9Br4ClO5/c18-8-1-6(2-9(19)14(8)23)5-17(26)12(13(22)16(25)27-17)7-3-10(20)15(24)11(21)4-7/h1-4,23-24,26H,5H2/t17-/m1/s1. The van der Waals surface area contributed by atoms with Gasteiger partial charge < -0.3 is 20.1 Å². The lowest BCUT2D eigenvalue weighted by Gasteiger charge is -2.26. The molecule has 0 bridgehead atoms. The molecule has 1 heterocycles. The van der Waals surface area contributed by atoms with Crippen LogP contribution >= 0.6 is 75.3 Å². The first-order valence-corrected chi connectivity index (χ1v) is 10.8. The molecule has 0 radical (unpaired) electrons. The fraction of sp³-hybridized carbons (Fsp3) is 0.118. The third kappa shape index (κ3) is 3.95. The SMILES string of the molecule is O=C1O[C@](O)(Cc2cc(Br)c(O)c(Br)c2)C(c2cc(Br)c(O)c(Br)c2)=C1Cl. The Bertz CT molecular complexity index is 961. The van der Waals surface area contributed by atoms with Crippen LogP contribution < -0.4 is 0 Å². The van der Waals surface area contributed by atoms with Gasteiger partial charge in [0.15, 0.2) is 0 Å². The van der Waals surface area contributed by atoms with Crippen molar-refractivity contribution in [2.75, 3.05) is 0 Å². The number of benzene rings is 2. The molecule has 0 saturated heterocycles. The number of rotatable bonds is 3. The zero-order valence-corrected chi connectivity index (χ0v) is 20.2. The van der Waals surface area contributed by atoms with Crippen LogP contribution in [0, 0.1) is 0 Å². The van der Waals surface area contributed by atoms with Crippen molar-refractivity contribution in [3.63, 3.8) is 0 Å². The molecule has 5 nitrogen and oxygen atoms in total. The van der Waals surface area contributed by atoms with Crippen molar-refractivity contribution in [3.05, 3.63) is 58.3 Å². The predicted octanol–water partition coefficient (Wildman–Crippen LogP) is 5.59. The van der Waals surface area contributed by atoms with Crippen molar-refractivity contribution in [3.8, 4) is 11.5 Å². The first-order valence-electron chi connectivity index (χ1n) is 7.24. The molecule has 142 valence electrons. The van der Waals surface area contributed by atoms with E-state index >= 15 is 0 Å². The van der Waals surface area contributed by atoms with E-state index in [2.05, 4.69) is 63.7 Å². The first kappa shape index (κ1) is 21.1. The molecule has 0 aromatic heterocycles. The Hall–Kier alpha value is -0.580. The van der Waals surface area contributed by atoms with Crippen molar-refractivity contribution >= 4 is 86.9 Å².